The summed E-state index contributed by atoms with van der Waals surface area (Å²) in [7, 11) is 1.57. The molecule has 0 aliphatic rings. The van der Waals surface area contributed by atoms with Gasteiger partial charge in [0.25, 0.3) is 5.91 Å². The Kier molecular flexibility index (Phi) is 6.69. The first-order valence-corrected chi connectivity index (χ1v) is 7.50. The molecule has 0 saturated heterocycles. The van der Waals surface area contributed by atoms with Crippen LogP contribution in [0, 0.1) is 5.92 Å². The van der Waals surface area contributed by atoms with E-state index >= 15 is 0 Å². The van der Waals surface area contributed by atoms with Gasteiger partial charge in [-0.05, 0) is 43.5 Å². The Morgan fingerprint density at radius 1 is 1.29 bits per heavy atom. The fourth-order valence-electron chi connectivity index (χ4n) is 1.95. The Hall–Kier alpha value is -1.55. The number of amides is 1. The lowest BCUT2D eigenvalue weighted by Crippen LogP contribution is -2.41. The van der Waals surface area contributed by atoms with Crippen LogP contribution in [0.2, 0.25) is 0 Å². The van der Waals surface area contributed by atoms with Crippen molar-refractivity contribution in [2.24, 2.45) is 5.92 Å². The van der Waals surface area contributed by atoms with Gasteiger partial charge in [-0.3, -0.25) is 4.79 Å². The van der Waals surface area contributed by atoms with Crippen molar-refractivity contribution in [1.82, 2.24) is 0 Å². The standard InChI is InChI=1S/C17H27NO3/c1-6-11-17(4,20-5)16(19)18-14-7-9-15(10-8-14)21-12-13(2)3/h7-10,13H,6,11-12H2,1-5H3,(H,18,19)/t17-/m1/s1. The van der Waals surface area contributed by atoms with E-state index in [-0.39, 0.29) is 5.91 Å². The highest BCUT2D eigenvalue weighted by molar-refractivity contribution is 5.97. The molecule has 0 heterocycles. The summed E-state index contributed by atoms with van der Waals surface area (Å²) in [5, 5.41) is 2.89. The van der Waals surface area contributed by atoms with Gasteiger partial charge >= 0.3 is 0 Å². The number of carbonyl (C=O) groups is 1. The van der Waals surface area contributed by atoms with Crippen LogP contribution in [0.1, 0.15) is 40.5 Å². The van der Waals surface area contributed by atoms with Crippen molar-refractivity contribution in [2.45, 2.75) is 46.1 Å². The minimum atomic E-state index is -0.790. The second-order valence-electron chi connectivity index (χ2n) is 5.87. The summed E-state index contributed by atoms with van der Waals surface area (Å²) in [4.78, 5) is 12.3. The molecule has 0 aliphatic carbocycles. The molecule has 118 valence electrons. The fourth-order valence-corrected chi connectivity index (χ4v) is 1.95. The minimum Gasteiger partial charge on any atom is -0.493 e. The summed E-state index contributed by atoms with van der Waals surface area (Å²) in [5.74, 6) is 1.17. The lowest BCUT2D eigenvalue weighted by molar-refractivity contribution is -0.136. The molecule has 0 aliphatic heterocycles. The van der Waals surface area contributed by atoms with Crippen LogP contribution in [0.5, 0.6) is 5.75 Å². The van der Waals surface area contributed by atoms with Crippen LogP contribution in [0.25, 0.3) is 0 Å². The van der Waals surface area contributed by atoms with Crippen LogP contribution in [0.4, 0.5) is 5.69 Å². The van der Waals surface area contributed by atoms with E-state index in [0.717, 1.165) is 17.9 Å². The zero-order chi connectivity index (χ0) is 15.9. The smallest absolute Gasteiger partial charge is 0.256 e. The van der Waals surface area contributed by atoms with Crippen LogP contribution in [-0.4, -0.2) is 25.2 Å². The van der Waals surface area contributed by atoms with E-state index in [0.29, 0.717) is 18.9 Å². The summed E-state index contributed by atoms with van der Waals surface area (Å²) in [6.07, 6.45) is 1.57. The minimum absolute atomic E-state index is 0.123. The lowest BCUT2D eigenvalue weighted by Gasteiger charge is -2.26. The average molecular weight is 293 g/mol. The van der Waals surface area contributed by atoms with Crippen LogP contribution in [-0.2, 0) is 9.53 Å². The first-order chi connectivity index (χ1) is 9.91. The van der Waals surface area contributed by atoms with Gasteiger partial charge in [-0.25, -0.2) is 0 Å². The number of rotatable bonds is 8. The predicted molar refractivity (Wildman–Crippen MR) is 85.7 cm³/mol. The third-order valence-corrected chi connectivity index (χ3v) is 3.35. The van der Waals surface area contributed by atoms with E-state index < -0.39 is 5.60 Å². The first-order valence-electron chi connectivity index (χ1n) is 7.50. The molecule has 21 heavy (non-hydrogen) atoms. The Bertz CT molecular complexity index is 442. The molecule has 0 radical (unpaired) electrons. The Morgan fingerprint density at radius 3 is 2.38 bits per heavy atom. The second kappa shape index (κ2) is 8.03. The van der Waals surface area contributed by atoms with Gasteiger partial charge in [0.1, 0.15) is 11.4 Å². The third kappa shape index (κ3) is 5.38. The van der Waals surface area contributed by atoms with E-state index in [1.165, 1.54) is 0 Å². The second-order valence-corrected chi connectivity index (χ2v) is 5.87. The van der Waals surface area contributed by atoms with Crippen LogP contribution < -0.4 is 10.1 Å². The molecule has 0 spiro atoms. The molecule has 1 N–H and O–H groups in total. The average Bonchev–Trinajstić information content (AvgIpc) is 2.46. The maximum atomic E-state index is 12.3. The molecule has 4 heteroatoms. The fraction of sp³-hybridized carbons (Fsp3) is 0.588. The highest BCUT2D eigenvalue weighted by Gasteiger charge is 2.31. The van der Waals surface area contributed by atoms with E-state index in [9.17, 15) is 4.79 Å². The molecule has 0 fully saturated rings. The normalized spacial score (nSPS) is 13.8. The maximum absolute atomic E-state index is 12.3. The molecule has 4 nitrogen and oxygen atoms in total. The lowest BCUT2D eigenvalue weighted by atomic mass is 9.99. The number of benzene rings is 1. The van der Waals surface area contributed by atoms with Crippen molar-refractivity contribution in [3.8, 4) is 5.75 Å². The molecule has 1 rings (SSSR count). The summed E-state index contributed by atoms with van der Waals surface area (Å²) >= 11 is 0. The number of anilines is 1. The van der Waals surface area contributed by atoms with Gasteiger partial charge in [0.05, 0.1) is 6.61 Å². The molecule has 1 amide bonds. The van der Waals surface area contributed by atoms with Crippen molar-refractivity contribution in [3.05, 3.63) is 24.3 Å². The topological polar surface area (TPSA) is 47.6 Å². The van der Waals surface area contributed by atoms with Crippen molar-refractivity contribution in [1.29, 1.82) is 0 Å². The van der Waals surface area contributed by atoms with Crippen molar-refractivity contribution >= 4 is 11.6 Å². The number of carbonyl (C=O) groups excluding carboxylic acids is 1. The molecule has 0 unspecified atom stereocenters. The summed E-state index contributed by atoms with van der Waals surface area (Å²) in [5.41, 5.74) is -0.0436. The first kappa shape index (κ1) is 17.5. The molecule has 0 aromatic heterocycles. The predicted octanol–water partition coefficient (Wildman–Crippen LogP) is 3.87. The van der Waals surface area contributed by atoms with Crippen molar-refractivity contribution < 1.29 is 14.3 Å². The zero-order valence-electron chi connectivity index (χ0n) is 13.7. The SMILES string of the molecule is CCC[C@@](C)(OC)C(=O)Nc1ccc(OCC(C)C)cc1. The van der Waals surface area contributed by atoms with Gasteiger partial charge in [-0.1, -0.05) is 27.2 Å². The molecule has 0 bridgehead atoms. The van der Waals surface area contributed by atoms with Crippen LogP contribution >= 0.6 is 0 Å². The van der Waals surface area contributed by atoms with Gasteiger partial charge in [0, 0.05) is 12.8 Å². The molecule has 1 aromatic carbocycles. The van der Waals surface area contributed by atoms with Gasteiger partial charge in [0.2, 0.25) is 0 Å². The highest BCUT2D eigenvalue weighted by Crippen LogP contribution is 2.21. The Morgan fingerprint density at radius 2 is 1.90 bits per heavy atom. The Labute approximate surface area is 127 Å². The highest BCUT2D eigenvalue weighted by atomic mass is 16.5. The molecular formula is C17H27NO3. The van der Waals surface area contributed by atoms with Crippen molar-refractivity contribution in [3.63, 3.8) is 0 Å². The molecular weight excluding hydrogens is 266 g/mol. The number of nitrogens with one attached hydrogen (secondary N) is 1. The molecule has 1 aromatic rings. The van der Waals surface area contributed by atoms with Crippen LogP contribution in [0.15, 0.2) is 24.3 Å². The number of hydrogen-bond donors (Lipinski definition) is 1. The van der Waals surface area contributed by atoms with E-state index in [2.05, 4.69) is 19.2 Å². The molecule has 0 saturated carbocycles. The van der Waals surface area contributed by atoms with Crippen LogP contribution in [0.3, 0.4) is 0 Å². The summed E-state index contributed by atoms with van der Waals surface area (Å²) in [6.45, 7) is 8.74. The number of methoxy groups -OCH3 is 1. The van der Waals surface area contributed by atoms with Gasteiger partial charge < -0.3 is 14.8 Å². The quantitative estimate of drug-likeness (QED) is 0.791. The monoisotopic (exact) mass is 293 g/mol. The van der Waals surface area contributed by atoms with Crippen molar-refractivity contribution in [2.75, 3.05) is 19.0 Å². The maximum Gasteiger partial charge on any atom is 0.256 e. The Balaban J connectivity index is 2.64. The largest absolute Gasteiger partial charge is 0.493 e. The molecule has 1 atom stereocenters. The van der Waals surface area contributed by atoms with Gasteiger partial charge in [0.15, 0.2) is 0 Å². The summed E-state index contributed by atoms with van der Waals surface area (Å²) in [6, 6.07) is 7.41. The summed E-state index contributed by atoms with van der Waals surface area (Å²) < 4.78 is 11.0. The van der Waals surface area contributed by atoms with Gasteiger partial charge in [-0.2, -0.15) is 0 Å². The van der Waals surface area contributed by atoms with Gasteiger partial charge in [-0.15, -0.1) is 0 Å². The zero-order valence-corrected chi connectivity index (χ0v) is 13.7. The number of ether oxygens (including phenoxy) is 2. The van der Waals surface area contributed by atoms with E-state index in [1.54, 1.807) is 7.11 Å². The van der Waals surface area contributed by atoms with E-state index in [1.807, 2.05) is 38.1 Å². The van der Waals surface area contributed by atoms with E-state index in [4.69, 9.17) is 9.47 Å². The third-order valence-electron chi connectivity index (χ3n) is 3.35. The number of hydrogen-bond acceptors (Lipinski definition) is 3.